The molecule has 158 valence electrons. The Kier molecular flexibility index (Phi) is 6.78. The lowest BCUT2D eigenvalue weighted by Crippen LogP contribution is -2.41. The molecule has 0 fully saturated rings. The Labute approximate surface area is 175 Å². The second-order valence-electron chi connectivity index (χ2n) is 8.65. The third-order valence-electron chi connectivity index (χ3n) is 5.19. The first-order chi connectivity index (χ1) is 13.3. The summed E-state index contributed by atoms with van der Waals surface area (Å²) < 4.78 is 25.9. The Morgan fingerprint density at radius 1 is 1.07 bits per heavy atom. The highest BCUT2D eigenvalue weighted by atomic mass is 32.2. The molecular weight excluding hydrogens is 384 g/mol. The van der Waals surface area contributed by atoms with Crippen molar-refractivity contribution in [2.75, 3.05) is 17.1 Å². The topological polar surface area (TPSA) is 66.5 Å². The highest BCUT2D eigenvalue weighted by Crippen LogP contribution is 2.26. The SMILES string of the molecule is Cc1cccc(N(CC(=O)NC(C)c2ccc(C(C)(C)C)cc2)S(C)(=O)=O)c1C. The molecule has 5 nitrogen and oxygen atoms in total. The molecule has 0 saturated carbocycles. The molecular formula is C23H32N2O3S. The van der Waals surface area contributed by atoms with Gasteiger partial charge in [-0.2, -0.15) is 0 Å². The van der Waals surface area contributed by atoms with Crippen LogP contribution in [0.2, 0.25) is 0 Å². The van der Waals surface area contributed by atoms with Crippen LogP contribution in [0.15, 0.2) is 42.5 Å². The second-order valence-corrected chi connectivity index (χ2v) is 10.6. The first kappa shape index (κ1) is 22.9. The summed E-state index contributed by atoms with van der Waals surface area (Å²) >= 11 is 0. The van der Waals surface area contributed by atoms with Crippen molar-refractivity contribution in [2.45, 2.75) is 53.0 Å². The third-order valence-corrected chi connectivity index (χ3v) is 6.31. The highest BCUT2D eigenvalue weighted by molar-refractivity contribution is 7.92. The number of aryl methyl sites for hydroxylation is 1. The Morgan fingerprint density at radius 2 is 1.66 bits per heavy atom. The van der Waals surface area contributed by atoms with Crippen molar-refractivity contribution in [3.63, 3.8) is 0 Å². The third kappa shape index (κ3) is 5.82. The fourth-order valence-electron chi connectivity index (χ4n) is 3.16. The summed E-state index contributed by atoms with van der Waals surface area (Å²) in [7, 11) is -3.60. The van der Waals surface area contributed by atoms with Crippen LogP contribution < -0.4 is 9.62 Å². The van der Waals surface area contributed by atoms with Crippen molar-refractivity contribution < 1.29 is 13.2 Å². The minimum absolute atomic E-state index is 0.0622. The number of amides is 1. The Bertz CT molecular complexity index is 974. The summed E-state index contributed by atoms with van der Waals surface area (Å²) in [6.07, 6.45) is 1.12. The van der Waals surface area contributed by atoms with Gasteiger partial charge in [0.25, 0.3) is 0 Å². The summed E-state index contributed by atoms with van der Waals surface area (Å²) in [4.78, 5) is 12.7. The van der Waals surface area contributed by atoms with Crippen LogP contribution in [0.3, 0.4) is 0 Å². The van der Waals surface area contributed by atoms with Crippen LogP contribution >= 0.6 is 0 Å². The number of nitrogens with one attached hydrogen (secondary N) is 1. The molecule has 0 aliphatic carbocycles. The van der Waals surface area contributed by atoms with E-state index in [1.165, 1.54) is 9.87 Å². The molecule has 0 radical (unpaired) electrons. The number of sulfonamides is 1. The van der Waals surface area contributed by atoms with Crippen molar-refractivity contribution in [3.05, 3.63) is 64.7 Å². The zero-order valence-corrected chi connectivity index (χ0v) is 19.2. The molecule has 1 atom stereocenters. The standard InChI is InChI=1S/C23H32N2O3S/c1-16-9-8-10-21(17(16)2)25(29(7,27)28)15-22(26)24-18(3)19-11-13-20(14-12-19)23(4,5)6/h8-14,18H,15H2,1-7H3,(H,24,26). The molecule has 0 aliphatic rings. The van der Waals surface area contributed by atoms with Gasteiger partial charge in [-0.1, -0.05) is 57.2 Å². The van der Waals surface area contributed by atoms with Crippen LogP contribution in [0, 0.1) is 13.8 Å². The van der Waals surface area contributed by atoms with Gasteiger partial charge in [-0.3, -0.25) is 9.10 Å². The predicted octanol–water partition coefficient (Wildman–Crippen LogP) is 4.24. The van der Waals surface area contributed by atoms with Gasteiger partial charge in [0.15, 0.2) is 0 Å². The van der Waals surface area contributed by atoms with Crippen molar-refractivity contribution in [1.82, 2.24) is 5.32 Å². The van der Waals surface area contributed by atoms with Crippen molar-refractivity contribution in [3.8, 4) is 0 Å². The molecule has 0 spiro atoms. The van der Waals surface area contributed by atoms with E-state index >= 15 is 0 Å². The average molecular weight is 417 g/mol. The van der Waals surface area contributed by atoms with Crippen molar-refractivity contribution >= 4 is 21.6 Å². The lowest BCUT2D eigenvalue weighted by molar-refractivity contribution is -0.120. The van der Waals surface area contributed by atoms with E-state index in [9.17, 15) is 13.2 Å². The molecule has 2 aromatic rings. The van der Waals surface area contributed by atoms with Gasteiger partial charge in [-0.15, -0.1) is 0 Å². The molecule has 0 aromatic heterocycles. The second kappa shape index (κ2) is 8.57. The largest absolute Gasteiger partial charge is 0.348 e. The van der Waals surface area contributed by atoms with Gasteiger partial charge in [-0.25, -0.2) is 8.42 Å². The summed E-state index contributed by atoms with van der Waals surface area (Å²) in [5.74, 6) is -0.344. The molecule has 1 N–H and O–H groups in total. The zero-order valence-electron chi connectivity index (χ0n) is 18.4. The summed E-state index contributed by atoms with van der Waals surface area (Å²) in [6, 6.07) is 13.4. The number of rotatable bonds is 6. The lowest BCUT2D eigenvalue weighted by Gasteiger charge is -2.25. The average Bonchev–Trinajstić information content (AvgIpc) is 2.61. The van der Waals surface area contributed by atoms with E-state index in [4.69, 9.17) is 0 Å². The molecule has 29 heavy (non-hydrogen) atoms. The maximum Gasteiger partial charge on any atom is 0.241 e. The minimum Gasteiger partial charge on any atom is -0.348 e. The van der Waals surface area contributed by atoms with E-state index in [0.717, 1.165) is 22.9 Å². The predicted molar refractivity (Wildman–Crippen MR) is 120 cm³/mol. The van der Waals surface area contributed by atoms with Crippen molar-refractivity contribution in [2.24, 2.45) is 0 Å². The van der Waals surface area contributed by atoms with E-state index in [0.29, 0.717) is 5.69 Å². The molecule has 0 bridgehead atoms. The molecule has 2 aromatic carbocycles. The molecule has 0 aliphatic heterocycles. The zero-order chi connectivity index (χ0) is 22.0. The van der Waals surface area contributed by atoms with Crippen LogP contribution in [0.1, 0.15) is 56.0 Å². The number of nitrogens with zero attached hydrogens (tertiary/aromatic N) is 1. The molecule has 2 rings (SSSR count). The molecule has 6 heteroatoms. The monoisotopic (exact) mass is 416 g/mol. The van der Waals surface area contributed by atoms with Gasteiger partial charge in [0, 0.05) is 0 Å². The van der Waals surface area contributed by atoms with Crippen LogP contribution in [-0.2, 0) is 20.2 Å². The van der Waals surface area contributed by atoms with Crippen molar-refractivity contribution in [1.29, 1.82) is 0 Å². The van der Waals surface area contributed by atoms with Crippen LogP contribution in [0.4, 0.5) is 5.69 Å². The molecule has 0 saturated heterocycles. The maximum atomic E-state index is 12.7. The van der Waals surface area contributed by atoms with Crippen LogP contribution in [0.5, 0.6) is 0 Å². The van der Waals surface area contributed by atoms with Crippen LogP contribution in [0.25, 0.3) is 0 Å². The first-order valence-electron chi connectivity index (χ1n) is 9.74. The minimum atomic E-state index is -3.60. The quantitative estimate of drug-likeness (QED) is 0.766. The summed E-state index contributed by atoms with van der Waals surface area (Å²) in [5.41, 5.74) is 4.61. The molecule has 1 unspecified atom stereocenters. The highest BCUT2D eigenvalue weighted by Gasteiger charge is 2.23. The number of anilines is 1. The Balaban J connectivity index is 2.17. The number of benzene rings is 2. The Hall–Kier alpha value is -2.34. The first-order valence-corrected chi connectivity index (χ1v) is 11.6. The number of carbonyl (C=O) groups is 1. The van der Waals surface area contributed by atoms with Gasteiger partial charge < -0.3 is 5.32 Å². The Morgan fingerprint density at radius 3 is 2.17 bits per heavy atom. The van der Waals surface area contributed by atoms with E-state index < -0.39 is 10.0 Å². The van der Waals surface area contributed by atoms with Gasteiger partial charge in [0.1, 0.15) is 6.54 Å². The lowest BCUT2D eigenvalue weighted by atomic mass is 9.86. The van der Waals surface area contributed by atoms with Gasteiger partial charge >= 0.3 is 0 Å². The molecule has 1 amide bonds. The van der Waals surface area contributed by atoms with Crippen LogP contribution in [-0.4, -0.2) is 27.1 Å². The van der Waals surface area contributed by atoms with Gasteiger partial charge in [0.2, 0.25) is 15.9 Å². The summed E-state index contributed by atoms with van der Waals surface area (Å²) in [6.45, 7) is 11.9. The van der Waals surface area contributed by atoms with E-state index in [1.807, 2.05) is 39.0 Å². The smallest absolute Gasteiger partial charge is 0.241 e. The number of carbonyl (C=O) groups excluding carboxylic acids is 1. The fraction of sp³-hybridized carbons (Fsp3) is 0.435. The summed E-state index contributed by atoms with van der Waals surface area (Å²) in [5, 5.41) is 2.92. The maximum absolute atomic E-state index is 12.7. The number of hydrogen-bond donors (Lipinski definition) is 1. The van der Waals surface area contributed by atoms with Gasteiger partial charge in [0.05, 0.1) is 18.0 Å². The molecule has 0 heterocycles. The van der Waals surface area contributed by atoms with E-state index in [2.05, 4.69) is 38.2 Å². The van der Waals surface area contributed by atoms with E-state index in [-0.39, 0.29) is 23.9 Å². The normalized spacial score (nSPS) is 13.1. The number of hydrogen-bond acceptors (Lipinski definition) is 3. The fourth-order valence-corrected chi connectivity index (χ4v) is 4.07. The van der Waals surface area contributed by atoms with Gasteiger partial charge in [-0.05, 0) is 54.5 Å². The van der Waals surface area contributed by atoms with E-state index in [1.54, 1.807) is 12.1 Å².